The first-order chi connectivity index (χ1) is 7.35. The van der Waals surface area contributed by atoms with Crippen LogP contribution in [0.3, 0.4) is 0 Å². The monoisotopic (exact) mass is 246 g/mol. The van der Waals surface area contributed by atoms with Crippen molar-refractivity contribution >= 4 is 15.8 Å². The highest BCUT2D eigenvalue weighted by Gasteiger charge is 2.13. The van der Waals surface area contributed by atoms with Crippen molar-refractivity contribution in [2.45, 2.75) is 12.7 Å². The predicted octanol–water partition coefficient (Wildman–Crippen LogP) is 1.46. The first-order valence-electron chi connectivity index (χ1n) is 4.58. The number of halogens is 1. The zero-order chi connectivity index (χ0) is 12.3. The predicted molar refractivity (Wildman–Crippen MR) is 56.5 cm³/mol. The molecule has 0 fully saturated rings. The summed E-state index contributed by atoms with van der Waals surface area (Å²) in [6.45, 7) is 1.50. The summed E-state index contributed by atoms with van der Waals surface area (Å²) in [4.78, 5) is 10.5. The second kappa shape index (κ2) is 4.61. The quantitative estimate of drug-likeness (QED) is 0.873. The van der Waals surface area contributed by atoms with Crippen molar-refractivity contribution in [3.8, 4) is 0 Å². The Morgan fingerprint density at radius 1 is 1.44 bits per heavy atom. The molecule has 0 heterocycles. The second-order valence-electron chi connectivity index (χ2n) is 3.30. The van der Waals surface area contributed by atoms with E-state index in [0.717, 1.165) is 12.1 Å². The minimum absolute atomic E-state index is 0.0324. The van der Waals surface area contributed by atoms with Crippen LogP contribution in [0, 0.1) is 5.82 Å². The van der Waals surface area contributed by atoms with E-state index >= 15 is 0 Å². The zero-order valence-electron chi connectivity index (χ0n) is 8.60. The van der Waals surface area contributed by atoms with Crippen LogP contribution in [0.25, 0.3) is 0 Å². The molecule has 0 atom stereocenters. The summed E-state index contributed by atoms with van der Waals surface area (Å²) in [5.41, 5.74) is -0.206. The summed E-state index contributed by atoms with van der Waals surface area (Å²) in [6.07, 6.45) is 0. The zero-order valence-corrected chi connectivity index (χ0v) is 9.42. The van der Waals surface area contributed by atoms with E-state index in [0.29, 0.717) is 0 Å². The fourth-order valence-electron chi connectivity index (χ4n) is 1.18. The Kier molecular flexibility index (Phi) is 3.64. The van der Waals surface area contributed by atoms with Crippen LogP contribution < -0.4 is 0 Å². The van der Waals surface area contributed by atoms with Crippen LogP contribution >= 0.6 is 0 Å². The summed E-state index contributed by atoms with van der Waals surface area (Å²) < 4.78 is 35.7. The molecular weight excluding hydrogens is 235 g/mol. The molecule has 0 aliphatic carbocycles. The van der Waals surface area contributed by atoms with E-state index in [2.05, 4.69) is 0 Å². The number of carbonyl (C=O) groups is 1. The molecule has 88 valence electrons. The van der Waals surface area contributed by atoms with Gasteiger partial charge in [-0.25, -0.2) is 17.6 Å². The third-order valence-electron chi connectivity index (χ3n) is 2.09. The van der Waals surface area contributed by atoms with Crippen LogP contribution in [0.5, 0.6) is 0 Å². The molecule has 0 saturated carbocycles. The standard InChI is InChI=1S/C10H11FO4S/c1-2-16(14,15)6-7-3-4-8(10(12)13)9(11)5-7/h3-5H,2,6H2,1H3,(H,12,13). The minimum Gasteiger partial charge on any atom is -0.478 e. The van der Waals surface area contributed by atoms with Gasteiger partial charge in [-0.1, -0.05) is 13.0 Å². The summed E-state index contributed by atoms with van der Waals surface area (Å²) >= 11 is 0. The maximum atomic E-state index is 13.2. The van der Waals surface area contributed by atoms with Crippen LogP contribution in [-0.2, 0) is 15.6 Å². The molecule has 0 bridgehead atoms. The topological polar surface area (TPSA) is 71.4 Å². The maximum Gasteiger partial charge on any atom is 0.338 e. The van der Waals surface area contributed by atoms with Crippen molar-refractivity contribution in [2.75, 3.05) is 5.75 Å². The number of benzene rings is 1. The number of sulfone groups is 1. The van der Waals surface area contributed by atoms with Gasteiger partial charge in [-0.05, 0) is 17.7 Å². The summed E-state index contributed by atoms with van der Waals surface area (Å²) in [6, 6.07) is 3.31. The average molecular weight is 246 g/mol. The lowest BCUT2D eigenvalue weighted by Crippen LogP contribution is -2.08. The summed E-state index contributed by atoms with van der Waals surface area (Å²) in [5, 5.41) is 8.58. The number of hydrogen-bond acceptors (Lipinski definition) is 3. The Morgan fingerprint density at radius 3 is 2.50 bits per heavy atom. The van der Waals surface area contributed by atoms with Gasteiger partial charge in [0.05, 0.1) is 11.3 Å². The minimum atomic E-state index is -3.24. The van der Waals surface area contributed by atoms with Gasteiger partial charge < -0.3 is 5.11 Å². The number of aromatic carboxylic acids is 1. The van der Waals surface area contributed by atoms with Crippen LogP contribution in [-0.4, -0.2) is 25.2 Å². The SMILES string of the molecule is CCS(=O)(=O)Cc1ccc(C(=O)O)c(F)c1. The van der Waals surface area contributed by atoms with Gasteiger partial charge in [-0.15, -0.1) is 0 Å². The van der Waals surface area contributed by atoms with Crippen molar-refractivity contribution < 1.29 is 22.7 Å². The average Bonchev–Trinajstić information content (AvgIpc) is 2.16. The lowest BCUT2D eigenvalue weighted by molar-refractivity contribution is 0.0692. The molecule has 0 aliphatic heterocycles. The van der Waals surface area contributed by atoms with Gasteiger partial charge >= 0.3 is 5.97 Å². The van der Waals surface area contributed by atoms with Gasteiger partial charge in [0, 0.05) is 5.75 Å². The van der Waals surface area contributed by atoms with Crippen LogP contribution in [0.15, 0.2) is 18.2 Å². The van der Waals surface area contributed by atoms with Gasteiger partial charge in [0.15, 0.2) is 9.84 Å². The van der Waals surface area contributed by atoms with E-state index in [4.69, 9.17) is 5.11 Å². The van der Waals surface area contributed by atoms with Crippen molar-refractivity contribution in [1.29, 1.82) is 0 Å². The van der Waals surface area contributed by atoms with Gasteiger partial charge in [0.25, 0.3) is 0 Å². The number of hydrogen-bond donors (Lipinski definition) is 1. The smallest absolute Gasteiger partial charge is 0.338 e. The van der Waals surface area contributed by atoms with E-state index in [1.165, 1.54) is 13.0 Å². The van der Waals surface area contributed by atoms with Gasteiger partial charge in [-0.2, -0.15) is 0 Å². The molecule has 0 spiro atoms. The fourth-order valence-corrected chi connectivity index (χ4v) is 2.07. The maximum absolute atomic E-state index is 13.2. The first-order valence-corrected chi connectivity index (χ1v) is 6.40. The third-order valence-corrected chi connectivity index (χ3v) is 3.74. The van der Waals surface area contributed by atoms with Crippen LogP contribution in [0.2, 0.25) is 0 Å². The number of carboxylic acid groups (broad SMARTS) is 1. The molecule has 0 amide bonds. The van der Waals surface area contributed by atoms with Crippen molar-refractivity contribution in [3.05, 3.63) is 35.1 Å². The molecule has 4 nitrogen and oxygen atoms in total. The van der Waals surface area contributed by atoms with E-state index in [-0.39, 0.29) is 17.1 Å². The first kappa shape index (κ1) is 12.6. The molecule has 1 aromatic rings. The molecular formula is C10H11FO4S. The normalized spacial score (nSPS) is 11.4. The van der Waals surface area contributed by atoms with Crippen molar-refractivity contribution in [1.82, 2.24) is 0 Å². The Bertz CT molecular complexity index is 508. The molecule has 0 aromatic heterocycles. The van der Waals surface area contributed by atoms with E-state index in [1.54, 1.807) is 0 Å². The molecule has 0 unspecified atom stereocenters. The van der Waals surface area contributed by atoms with Gasteiger partial charge in [0.1, 0.15) is 5.82 Å². The Hall–Kier alpha value is -1.43. The van der Waals surface area contributed by atoms with Gasteiger partial charge in [-0.3, -0.25) is 0 Å². The molecule has 0 aliphatic rings. The lowest BCUT2D eigenvalue weighted by atomic mass is 10.1. The number of carboxylic acids is 1. The van der Waals surface area contributed by atoms with E-state index in [1.807, 2.05) is 0 Å². The third kappa shape index (κ3) is 3.03. The van der Waals surface area contributed by atoms with E-state index in [9.17, 15) is 17.6 Å². The molecule has 1 N–H and O–H groups in total. The molecule has 6 heteroatoms. The summed E-state index contributed by atoms with van der Waals surface area (Å²) in [5.74, 6) is -2.60. The molecule has 1 rings (SSSR count). The highest BCUT2D eigenvalue weighted by molar-refractivity contribution is 7.90. The lowest BCUT2D eigenvalue weighted by Gasteiger charge is -2.03. The van der Waals surface area contributed by atoms with Gasteiger partial charge in [0.2, 0.25) is 0 Å². The Morgan fingerprint density at radius 2 is 2.06 bits per heavy atom. The Balaban J connectivity index is 3.03. The number of rotatable bonds is 4. The van der Waals surface area contributed by atoms with Crippen LogP contribution in [0.1, 0.15) is 22.8 Å². The largest absolute Gasteiger partial charge is 0.478 e. The summed E-state index contributed by atoms with van der Waals surface area (Å²) in [7, 11) is -3.24. The molecule has 0 saturated heterocycles. The Labute approximate surface area is 92.6 Å². The van der Waals surface area contributed by atoms with Crippen molar-refractivity contribution in [2.24, 2.45) is 0 Å². The highest BCUT2D eigenvalue weighted by Crippen LogP contribution is 2.13. The molecule has 0 radical (unpaired) electrons. The second-order valence-corrected chi connectivity index (χ2v) is 5.65. The van der Waals surface area contributed by atoms with Crippen LogP contribution in [0.4, 0.5) is 4.39 Å². The highest BCUT2D eigenvalue weighted by atomic mass is 32.2. The van der Waals surface area contributed by atoms with Crippen molar-refractivity contribution in [3.63, 3.8) is 0 Å². The molecule has 1 aromatic carbocycles. The fraction of sp³-hybridized carbons (Fsp3) is 0.300. The van der Waals surface area contributed by atoms with E-state index < -0.39 is 27.2 Å². The molecule has 16 heavy (non-hydrogen) atoms.